The molecule has 0 aromatic heterocycles. The first-order chi connectivity index (χ1) is 10.1. The SMILES string of the molecule is Nc1ccc([N+](=O)[O-])cc1C(=O)NC1C2C3CCC(C3)C12. The Hall–Kier alpha value is -2.11. The predicted octanol–water partition coefficient (Wildman–Crippen LogP) is 1.95. The number of fused-ring (bicyclic) bond motifs is 5. The number of nitrogens with zero attached hydrogens (tertiary/aromatic N) is 1. The quantitative estimate of drug-likeness (QED) is 0.504. The summed E-state index contributed by atoms with van der Waals surface area (Å²) in [4.78, 5) is 22.6. The maximum Gasteiger partial charge on any atom is 0.270 e. The first-order valence-electron chi connectivity index (χ1n) is 7.41. The molecule has 6 nitrogen and oxygen atoms in total. The van der Waals surface area contributed by atoms with E-state index < -0.39 is 4.92 Å². The summed E-state index contributed by atoms with van der Waals surface area (Å²) >= 11 is 0. The molecule has 4 rings (SSSR count). The molecule has 3 saturated carbocycles. The van der Waals surface area contributed by atoms with Gasteiger partial charge >= 0.3 is 0 Å². The van der Waals surface area contributed by atoms with Crippen LogP contribution in [0.15, 0.2) is 18.2 Å². The van der Waals surface area contributed by atoms with Crippen molar-refractivity contribution in [1.82, 2.24) is 5.32 Å². The van der Waals surface area contributed by atoms with Crippen LogP contribution in [-0.2, 0) is 0 Å². The van der Waals surface area contributed by atoms with Gasteiger partial charge in [-0.3, -0.25) is 14.9 Å². The fourth-order valence-corrected chi connectivity index (χ4v) is 4.60. The number of amides is 1. The number of anilines is 1. The van der Waals surface area contributed by atoms with Crippen LogP contribution in [0.3, 0.4) is 0 Å². The third kappa shape index (κ3) is 1.81. The topological polar surface area (TPSA) is 98.3 Å². The van der Waals surface area contributed by atoms with Crippen molar-refractivity contribution in [2.24, 2.45) is 23.7 Å². The molecule has 3 aliphatic rings. The number of nitro groups is 1. The van der Waals surface area contributed by atoms with E-state index in [1.165, 1.54) is 37.5 Å². The number of hydrogen-bond donors (Lipinski definition) is 2. The largest absolute Gasteiger partial charge is 0.398 e. The number of hydrogen-bond acceptors (Lipinski definition) is 4. The van der Waals surface area contributed by atoms with E-state index in [-0.39, 0.29) is 28.9 Å². The van der Waals surface area contributed by atoms with Crippen LogP contribution in [0.4, 0.5) is 11.4 Å². The molecule has 1 amide bonds. The van der Waals surface area contributed by atoms with Crippen molar-refractivity contribution < 1.29 is 9.72 Å². The highest BCUT2D eigenvalue weighted by molar-refractivity contribution is 6.00. The van der Waals surface area contributed by atoms with E-state index in [2.05, 4.69) is 5.32 Å². The molecule has 0 saturated heterocycles. The highest BCUT2D eigenvalue weighted by atomic mass is 16.6. The molecule has 0 spiro atoms. The smallest absolute Gasteiger partial charge is 0.270 e. The molecule has 0 heterocycles. The maximum atomic E-state index is 12.3. The number of carbonyl (C=O) groups excluding carboxylic acids is 1. The molecule has 110 valence electrons. The van der Waals surface area contributed by atoms with E-state index in [0.29, 0.717) is 11.8 Å². The molecule has 1 aromatic carbocycles. The van der Waals surface area contributed by atoms with Gasteiger partial charge in [-0.2, -0.15) is 0 Å². The minimum atomic E-state index is -0.512. The lowest BCUT2D eigenvalue weighted by atomic mass is 10.0. The molecule has 0 aliphatic heterocycles. The number of nitrogen functional groups attached to an aromatic ring is 1. The van der Waals surface area contributed by atoms with Crippen LogP contribution >= 0.6 is 0 Å². The Morgan fingerprint density at radius 1 is 1.29 bits per heavy atom. The first kappa shape index (κ1) is 12.6. The van der Waals surface area contributed by atoms with Crippen LogP contribution in [0.1, 0.15) is 29.6 Å². The van der Waals surface area contributed by atoms with Gasteiger partial charge in [-0.1, -0.05) is 0 Å². The van der Waals surface area contributed by atoms with Gasteiger partial charge in [0.2, 0.25) is 0 Å². The average molecular weight is 287 g/mol. The Bertz CT molecular complexity index is 629. The molecule has 21 heavy (non-hydrogen) atoms. The molecule has 3 fully saturated rings. The minimum Gasteiger partial charge on any atom is -0.398 e. The zero-order valence-electron chi connectivity index (χ0n) is 11.5. The number of rotatable bonds is 3. The first-order valence-corrected chi connectivity index (χ1v) is 7.41. The number of non-ortho nitro benzene ring substituents is 1. The molecule has 4 atom stereocenters. The van der Waals surface area contributed by atoms with Crippen LogP contribution < -0.4 is 11.1 Å². The van der Waals surface area contributed by atoms with Crippen molar-refractivity contribution in [3.63, 3.8) is 0 Å². The Kier molecular flexibility index (Phi) is 2.52. The van der Waals surface area contributed by atoms with E-state index in [0.717, 1.165) is 11.8 Å². The highest BCUT2D eigenvalue weighted by Gasteiger charge is 2.65. The lowest BCUT2D eigenvalue weighted by molar-refractivity contribution is -0.384. The third-order valence-corrected chi connectivity index (χ3v) is 5.53. The van der Waals surface area contributed by atoms with Crippen molar-refractivity contribution >= 4 is 17.3 Å². The van der Waals surface area contributed by atoms with Gasteiger partial charge in [0.15, 0.2) is 0 Å². The van der Waals surface area contributed by atoms with Crippen molar-refractivity contribution in [3.05, 3.63) is 33.9 Å². The van der Waals surface area contributed by atoms with Gasteiger partial charge in [-0.25, -0.2) is 0 Å². The monoisotopic (exact) mass is 287 g/mol. The number of nitrogens with one attached hydrogen (secondary N) is 1. The summed E-state index contributed by atoms with van der Waals surface area (Å²) in [5.74, 6) is 2.52. The second kappa shape index (κ2) is 4.19. The summed E-state index contributed by atoms with van der Waals surface area (Å²) < 4.78 is 0. The number of nitrogens with two attached hydrogens (primary N) is 1. The standard InChI is InChI=1S/C15H17N3O3/c16-11-4-3-9(18(20)21)6-10(11)15(19)17-14-12-7-1-2-8(5-7)13(12)14/h3-4,6-8,12-14H,1-2,5,16H2,(H,17,19). The van der Waals surface area contributed by atoms with Gasteiger partial charge in [-0.05, 0) is 49.0 Å². The fraction of sp³-hybridized carbons (Fsp3) is 0.533. The second-order valence-corrected chi connectivity index (χ2v) is 6.52. The van der Waals surface area contributed by atoms with Crippen LogP contribution in [0.2, 0.25) is 0 Å². The van der Waals surface area contributed by atoms with E-state index in [1.807, 2.05) is 0 Å². The van der Waals surface area contributed by atoms with Crippen molar-refractivity contribution in [3.8, 4) is 0 Å². The normalized spacial score (nSPS) is 35.3. The molecular formula is C15H17N3O3. The van der Waals surface area contributed by atoms with E-state index in [9.17, 15) is 14.9 Å². The summed E-state index contributed by atoms with van der Waals surface area (Å²) in [7, 11) is 0. The zero-order valence-corrected chi connectivity index (χ0v) is 11.5. The van der Waals surface area contributed by atoms with Crippen LogP contribution in [-0.4, -0.2) is 16.9 Å². The molecule has 2 bridgehead atoms. The van der Waals surface area contributed by atoms with Crippen LogP contribution in [0.25, 0.3) is 0 Å². The Balaban J connectivity index is 1.51. The molecule has 3 aliphatic carbocycles. The number of carbonyl (C=O) groups is 1. The Morgan fingerprint density at radius 3 is 2.57 bits per heavy atom. The summed E-state index contributed by atoms with van der Waals surface area (Å²) in [6, 6.07) is 4.25. The van der Waals surface area contributed by atoms with Crippen LogP contribution in [0.5, 0.6) is 0 Å². The number of benzene rings is 1. The summed E-state index contributed by atoms with van der Waals surface area (Å²) in [5, 5.41) is 13.8. The van der Waals surface area contributed by atoms with E-state index in [4.69, 9.17) is 5.73 Å². The van der Waals surface area contributed by atoms with Crippen molar-refractivity contribution in [2.45, 2.75) is 25.3 Å². The van der Waals surface area contributed by atoms with Gasteiger partial charge < -0.3 is 11.1 Å². The molecule has 4 unspecified atom stereocenters. The van der Waals surface area contributed by atoms with Gasteiger partial charge in [0.05, 0.1) is 10.5 Å². The molecular weight excluding hydrogens is 270 g/mol. The summed E-state index contributed by atoms with van der Waals surface area (Å²) in [5.41, 5.74) is 6.17. The summed E-state index contributed by atoms with van der Waals surface area (Å²) in [6.07, 6.45) is 3.90. The zero-order chi connectivity index (χ0) is 14.7. The Morgan fingerprint density at radius 2 is 1.95 bits per heavy atom. The lowest BCUT2D eigenvalue weighted by Gasteiger charge is -2.11. The molecule has 0 radical (unpaired) electrons. The van der Waals surface area contributed by atoms with Crippen molar-refractivity contribution in [1.29, 1.82) is 0 Å². The predicted molar refractivity (Wildman–Crippen MR) is 76.6 cm³/mol. The molecule has 3 N–H and O–H groups in total. The van der Waals surface area contributed by atoms with Gasteiger partial charge in [0.25, 0.3) is 11.6 Å². The fourth-order valence-electron chi connectivity index (χ4n) is 4.60. The number of nitro benzene ring substituents is 1. The highest BCUT2D eigenvalue weighted by Crippen LogP contribution is 2.65. The van der Waals surface area contributed by atoms with Crippen molar-refractivity contribution in [2.75, 3.05) is 5.73 Å². The van der Waals surface area contributed by atoms with Gasteiger partial charge in [0, 0.05) is 23.9 Å². The average Bonchev–Trinajstić information content (AvgIpc) is 2.83. The molecule has 1 aromatic rings. The Labute approximate surface area is 121 Å². The van der Waals surface area contributed by atoms with E-state index in [1.54, 1.807) is 0 Å². The van der Waals surface area contributed by atoms with E-state index >= 15 is 0 Å². The van der Waals surface area contributed by atoms with Crippen LogP contribution in [0, 0.1) is 33.8 Å². The maximum absolute atomic E-state index is 12.3. The van der Waals surface area contributed by atoms with Gasteiger partial charge in [0.1, 0.15) is 0 Å². The summed E-state index contributed by atoms with van der Waals surface area (Å²) in [6.45, 7) is 0. The minimum absolute atomic E-state index is 0.106. The van der Waals surface area contributed by atoms with Gasteiger partial charge in [-0.15, -0.1) is 0 Å². The third-order valence-electron chi connectivity index (χ3n) is 5.53. The lowest BCUT2D eigenvalue weighted by Crippen LogP contribution is -2.30. The second-order valence-electron chi connectivity index (χ2n) is 6.52. The molecule has 6 heteroatoms.